The topological polar surface area (TPSA) is 80.9 Å². The van der Waals surface area contributed by atoms with Gasteiger partial charge in [-0.1, -0.05) is 24.3 Å². The standard InChI is InChI=1S/C13H13N3O2/c14-11-7-12(17)15-13(18)16(11)10-5-8-3-1-2-4-9(8)6-10/h1-4,7,10H,5-6,14H2,(H,15,17,18). The van der Waals surface area contributed by atoms with Gasteiger partial charge < -0.3 is 5.73 Å². The summed E-state index contributed by atoms with van der Waals surface area (Å²) in [7, 11) is 0. The van der Waals surface area contributed by atoms with Crippen molar-refractivity contribution in [1.82, 2.24) is 9.55 Å². The summed E-state index contributed by atoms with van der Waals surface area (Å²) in [6.45, 7) is 0. The van der Waals surface area contributed by atoms with Crippen LogP contribution < -0.4 is 17.0 Å². The lowest BCUT2D eigenvalue weighted by Gasteiger charge is -2.15. The summed E-state index contributed by atoms with van der Waals surface area (Å²) in [5.74, 6) is 0.224. The molecule has 0 bridgehead atoms. The van der Waals surface area contributed by atoms with Crippen molar-refractivity contribution >= 4 is 5.82 Å². The Hall–Kier alpha value is -2.30. The van der Waals surface area contributed by atoms with Gasteiger partial charge in [-0.2, -0.15) is 0 Å². The second-order valence-electron chi connectivity index (χ2n) is 4.56. The van der Waals surface area contributed by atoms with E-state index in [4.69, 9.17) is 5.73 Å². The van der Waals surface area contributed by atoms with Gasteiger partial charge in [0.05, 0.1) is 0 Å². The summed E-state index contributed by atoms with van der Waals surface area (Å²) in [5, 5.41) is 0. The number of hydrogen-bond acceptors (Lipinski definition) is 3. The number of fused-ring (bicyclic) bond motifs is 1. The molecule has 1 aliphatic carbocycles. The summed E-state index contributed by atoms with van der Waals surface area (Å²) in [6, 6.07) is 9.33. The molecule has 92 valence electrons. The van der Waals surface area contributed by atoms with Gasteiger partial charge >= 0.3 is 5.69 Å². The van der Waals surface area contributed by atoms with Crippen LogP contribution in [-0.2, 0) is 12.8 Å². The molecule has 3 rings (SSSR count). The van der Waals surface area contributed by atoms with Crippen LogP contribution in [-0.4, -0.2) is 9.55 Å². The molecule has 1 aliphatic rings. The number of aromatic amines is 1. The lowest BCUT2D eigenvalue weighted by atomic mass is 10.1. The number of nitrogens with one attached hydrogen (secondary N) is 1. The number of nitrogen functional groups attached to an aromatic ring is 1. The Morgan fingerprint density at radius 2 is 1.78 bits per heavy atom. The Kier molecular flexibility index (Phi) is 2.33. The Morgan fingerprint density at radius 1 is 1.17 bits per heavy atom. The average Bonchev–Trinajstić information content (AvgIpc) is 2.70. The molecule has 1 aromatic heterocycles. The number of aromatic nitrogens is 2. The molecule has 5 heteroatoms. The van der Waals surface area contributed by atoms with Gasteiger partial charge in [0.1, 0.15) is 5.82 Å². The molecule has 2 aromatic rings. The normalized spacial score (nSPS) is 14.7. The predicted octanol–water partition coefficient (Wildman–Crippen LogP) is 0.459. The van der Waals surface area contributed by atoms with Gasteiger partial charge in [-0.15, -0.1) is 0 Å². The SMILES string of the molecule is Nc1cc(=O)[nH]c(=O)n1C1Cc2ccccc2C1. The smallest absolute Gasteiger partial charge is 0.330 e. The molecule has 18 heavy (non-hydrogen) atoms. The first-order chi connectivity index (χ1) is 8.65. The van der Waals surface area contributed by atoms with Gasteiger partial charge in [0.25, 0.3) is 5.56 Å². The highest BCUT2D eigenvalue weighted by Gasteiger charge is 2.24. The van der Waals surface area contributed by atoms with Crippen molar-refractivity contribution in [2.45, 2.75) is 18.9 Å². The van der Waals surface area contributed by atoms with Crippen molar-refractivity contribution in [3.63, 3.8) is 0 Å². The zero-order chi connectivity index (χ0) is 12.7. The first-order valence-corrected chi connectivity index (χ1v) is 5.83. The minimum absolute atomic E-state index is 0.00764. The van der Waals surface area contributed by atoms with Crippen molar-refractivity contribution in [3.8, 4) is 0 Å². The number of anilines is 1. The molecule has 0 saturated carbocycles. The number of nitrogens with zero attached hydrogens (tertiary/aromatic N) is 1. The van der Waals surface area contributed by atoms with E-state index < -0.39 is 11.2 Å². The Labute approximate surface area is 103 Å². The van der Waals surface area contributed by atoms with Crippen LogP contribution in [0.2, 0.25) is 0 Å². The highest BCUT2D eigenvalue weighted by Crippen LogP contribution is 2.29. The van der Waals surface area contributed by atoms with Crippen molar-refractivity contribution < 1.29 is 0 Å². The average molecular weight is 243 g/mol. The zero-order valence-electron chi connectivity index (χ0n) is 9.72. The summed E-state index contributed by atoms with van der Waals surface area (Å²) in [4.78, 5) is 25.2. The minimum atomic E-state index is -0.454. The van der Waals surface area contributed by atoms with Crippen molar-refractivity contribution in [3.05, 3.63) is 62.3 Å². The van der Waals surface area contributed by atoms with E-state index >= 15 is 0 Å². The lowest BCUT2D eigenvalue weighted by molar-refractivity contribution is 0.508. The van der Waals surface area contributed by atoms with Crippen molar-refractivity contribution in [2.75, 3.05) is 5.73 Å². The third-order valence-electron chi connectivity index (χ3n) is 3.40. The largest absolute Gasteiger partial charge is 0.385 e. The van der Waals surface area contributed by atoms with E-state index in [1.54, 1.807) is 0 Å². The van der Waals surface area contributed by atoms with Gasteiger partial charge in [0, 0.05) is 12.1 Å². The van der Waals surface area contributed by atoms with Gasteiger partial charge in [-0.05, 0) is 24.0 Å². The zero-order valence-corrected chi connectivity index (χ0v) is 9.72. The highest BCUT2D eigenvalue weighted by atomic mass is 16.2. The number of rotatable bonds is 1. The third-order valence-corrected chi connectivity index (χ3v) is 3.40. The van der Waals surface area contributed by atoms with E-state index in [0.717, 1.165) is 12.8 Å². The second-order valence-corrected chi connectivity index (χ2v) is 4.56. The fourth-order valence-electron chi connectivity index (χ4n) is 2.62. The molecule has 5 nitrogen and oxygen atoms in total. The third kappa shape index (κ3) is 1.64. The first kappa shape index (κ1) is 10.8. The number of nitrogens with two attached hydrogens (primary N) is 1. The van der Waals surface area contributed by atoms with Gasteiger partial charge in [-0.3, -0.25) is 14.3 Å². The van der Waals surface area contributed by atoms with Crippen LogP contribution >= 0.6 is 0 Å². The van der Waals surface area contributed by atoms with Crippen LogP contribution in [0.25, 0.3) is 0 Å². The maximum Gasteiger partial charge on any atom is 0.330 e. The number of H-pyrrole nitrogens is 1. The van der Waals surface area contributed by atoms with Crippen molar-refractivity contribution in [2.24, 2.45) is 0 Å². The van der Waals surface area contributed by atoms with E-state index in [1.165, 1.54) is 21.8 Å². The monoisotopic (exact) mass is 243 g/mol. The maximum absolute atomic E-state index is 11.8. The fourth-order valence-corrected chi connectivity index (χ4v) is 2.62. The summed E-state index contributed by atoms with van der Waals surface area (Å²) in [6.07, 6.45) is 1.54. The van der Waals surface area contributed by atoms with E-state index in [-0.39, 0.29) is 11.9 Å². The molecule has 0 spiro atoms. The van der Waals surface area contributed by atoms with E-state index in [9.17, 15) is 9.59 Å². The molecule has 0 amide bonds. The molecule has 3 N–H and O–H groups in total. The van der Waals surface area contributed by atoms with Crippen LogP contribution in [0.15, 0.2) is 39.9 Å². The second kappa shape index (κ2) is 3.87. The molecular formula is C13H13N3O2. The van der Waals surface area contributed by atoms with E-state index in [0.29, 0.717) is 0 Å². The Balaban J connectivity index is 2.05. The van der Waals surface area contributed by atoms with Crippen LogP contribution in [0, 0.1) is 0 Å². The molecule has 0 unspecified atom stereocenters. The summed E-state index contributed by atoms with van der Waals surface area (Å²) >= 11 is 0. The molecule has 0 fully saturated rings. The Bertz CT molecular complexity index is 690. The lowest BCUT2D eigenvalue weighted by Crippen LogP contribution is -2.34. The first-order valence-electron chi connectivity index (χ1n) is 5.83. The molecule has 0 radical (unpaired) electrons. The molecule has 1 aromatic carbocycles. The minimum Gasteiger partial charge on any atom is -0.385 e. The van der Waals surface area contributed by atoms with Crippen LogP contribution in [0.1, 0.15) is 17.2 Å². The van der Waals surface area contributed by atoms with Gasteiger partial charge in [0.2, 0.25) is 0 Å². The van der Waals surface area contributed by atoms with Gasteiger partial charge in [-0.25, -0.2) is 4.79 Å². The Morgan fingerprint density at radius 3 is 2.33 bits per heavy atom. The molecule has 0 saturated heterocycles. The van der Waals surface area contributed by atoms with Crippen LogP contribution in [0.4, 0.5) is 5.82 Å². The quantitative estimate of drug-likeness (QED) is 0.763. The summed E-state index contributed by atoms with van der Waals surface area (Å²) < 4.78 is 1.47. The van der Waals surface area contributed by atoms with E-state index in [1.807, 2.05) is 12.1 Å². The fraction of sp³-hybridized carbons (Fsp3) is 0.231. The van der Waals surface area contributed by atoms with E-state index in [2.05, 4.69) is 17.1 Å². The van der Waals surface area contributed by atoms with Crippen LogP contribution in [0.5, 0.6) is 0 Å². The number of benzene rings is 1. The van der Waals surface area contributed by atoms with Crippen molar-refractivity contribution in [1.29, 1.82) is 0 Å². The highest BCUT2D eigenvalue weighted by molar-refractivity contribution is 5.35. The van der Waals surface area contributed by atoms with Crippen LogP contribution in [0.3, 0.4) is 0 Å². The molecular weight excluding hydrogens is 230 g/mol. The summed E-state index contributed by atoms with van der Waals surface area (Å²) in [5.41, 5.74) is 7.37. The predicted molar refractivity (Wildman–Crippen MR) is 68.6 cm³/mol. The maximum atomic E-state index is 11.8. The number of hydrogen-bond donors (Lipinski definition) is 2. The van der Waals surface area contributed by atoms with Gasteiger partial charge in [0.15, 0.2) is 0 Å². The molecule has 1 heterocycles. The molecule has 0 atom stereocenters. The molecule has 0 aliphatic heterocycles.